The maximum Gasteiger partial charge on any atom is 0.226 e. The fraction of sp³-hybridized carbons (Fsp3) is 0.588. The first-order valence-corrected chi connectivity index (χ1v) is 8.88. The van der Waals surface area contributed by atoms with Crippen LogP contribution in [-0.4, -0.2) is 24.2 Å². The largest absolute Gasteiger partial charge is 0.325 e. The Kier molecular flexibility index (Phi) is 6.12. The molecule has 3 nitrogen and oxygen atoms in total. The molecule has 1 aliphatic rings. The van der Waals surface area contributed by atoms with E-state index in [1.807, 2.05) is 25.2 Å². The van der Waals surface area contributed by atoms with Crippen LogP contribution in [0.5, 0.6) is 0 Å². The molecule has 4 heteroatoms. The van der Waals surface area contributed by atoms with Crippen LogP contribution in [0.25, 0.3) is 0 Å². The lowest BCUT2D eigenvalue weighted by atomic mass is 9.79. The third kappa shape index (κ3) is 4.48. The number of carbonyl (C=O) groups excluding carboxylic acids is 1. The topological polar surface area (TPSA) is 41.1 Å². The third-order valence-electron chi connectivity index (χ3n) is 4.30. The van der Waals surface area contributed by atoms with Crippen LogP contribution in [-0.2, 0) is 4.79 Å². The molecule has 0 heterocycles. The number of anilines is 1. The maximum absolute atomic E-state index is 12.4. The number of benzene rings is 1. The lowest BCUT2D eigenvalue weighted by molar-refractivity contribution is -0.117. The summed E-state index contributed by atoms with van der Waals surface area (Å²) in [5.41, 5.74) is 0.936. The van der Waals surface area contributed by atoms with Gasteiger partial charge in [0.05, 0.1) is 5.69 Å². The molecule has 1 saturated carbocycles. The standard InChI is InChI=1S/C17H26N2OS/c1-3-21-15-10-6-5-9-14(15)19-16(20)13-17(18-2)11-7-4-8-12-17/h5-6,9-10,18H,3-4,7-8,11-13H2,1-2H3,(H,19,20). The van der Waals surface area contributed by atoms with E-state index in [0.29, 0.717) is 6.42 Å². The second-order valence-corrected chi connectivity index (χ2v) is 7.05. The van der Waals surface area contributed by atoms with Crippen molar-refractivity contribution in [3.63, 3.8) is 0 Å². The molecule has 0 aromatic heterocycles. The summed E-state index contributed by atoms with van der Waals surface area (Å²) >= 11 is 1.76. The number of carbonyl (C=O) groups is 1. The van der Waals surface area contributed by atoms with E-state index in [1.165, 1.54) is 19.3 Å². The molecule has 0 spiro atoms. The van der Waals surface area contributed by atoms with Crippen molar-refractivity contribution in [2.75, 3.05) is 18.1 Å². The zero-order valence-corrected chi connectivity index (χ0v) is 13.9. The Morgan fingerprint density at radius 3 is 2.62 bits per heavy atom. The Labute approximate surface area is 132 Å². The van der Waals surface area contributed by atoms with E-state index in [2.05, 4.69) is 23.6 Å². The molecule has 0 saturated heterocycles. The summed E-state index contributed by atoms with van der Waals surface area (Å²) in [7, 11) is 1.99. The molecule has 0 unspecified atom stereocenters. The van der Waals surface area contributed by atoms with Crippen molar-refractivity contribution >= 4 is 23.4 Å². The average molecular weight is 306 g/mol. The summed E-state index contributed by atoms with van der Waals surface area (Å²) in [6, 6.07) is 8.05. The fourth-order valence-corrected chi connectivity index (χ4v) is 3.86. The van der Waals surface area contributed by atoms with Gasteiger partial charge in [-0.05, 0) is 37.8 Å². The van der Waals surface area contributed by atoms with Gasteiger partial charge in [0, 0.05) is 16.9 Å². The summed E-state index contributed by atoms with van der Waals surface area (Å²) in [5.74, 6) is 1.13. The molecule has 21 heavy (non-hydrogen) atoms. The molecule has 1 amide bonds. The minimum atomic E-state index is -0.00479. The molecular weight excluding hydrogens is 280 g/mol. The van der Waals surface area contributed by atoms with Gasteiger partial charge in [-0.25, -0.2) is 0 Å². The maximum atomic E-state index is 12.4. The van der Waals surface area contributed by atoms with E-state index < -0.39 is 0 Å². The van der Waals surface area contributed by atoms with E-state index in [4.69, 9.17) is 0 Å². The van der Waals surface area contributed by atoms with Gasteiger partial charge in [-0.1, -0.05) is 38.3 Å². The molecule has 1 fully saturated rings. The Morgan fingerprint density at radius 2 is 1.95 bits per heavy atom. The number of rotatable bonds is 6. The molecule has 2 rings (SSSR count). The second kappa shape index (κ2) is 7.85. The lowest BCUT2D eigenvalue weighted by Gasteiger charge is -2.36. The SMILES string of the molecule is CCSc1ccccc1NC(=O)CC1(NC)CCCCC1. The Bertz CT molecular complexity index is 470. The molecule has 2 N–H and O–H groups in total. The van der Waals surface area contributed by atoms with Crippen LogP contribution in [0.1, 0.15) is 45.4 Å². The van der Waals surface area contributed by atoms with E-state index in [0.717, 1.165) is 29.2 Å². The Balaban J connectivity index is 2.01. The zero-order chi connectivity index (χ0) is 15.1. The van der Waals surface area contributed by atoms with Crippen molar-refractivity contribution in [1.82, 2.24) is 5.32 Å². The number of hydrogen-bond acceptors (Lipinski definition) is 3. The summed E-state index contributed by atoms with van der Waals surface area (Å²) in [6.45, 7) is 2.13. The van der Waals surface area contributed by atoms with Crippen molar-refractivity contribution in [3.05, 3.63) is 24.3 Å². The summed E-state index contributed by atoms with van der Waals surface area (Å²) in [5, 5.41) is 6.51. The number of amides is 1. The molecule has 116 valence electrons. The predicted octanol–water partition coefficient (Wildman–Crippen LogP) is 4.05. The van der Waals surface area contributed by atoms with Crippen LogP contribution >= 0.6 is 11.8 Å². The first-order chi connectivity index (χ1) is 10.2. The van der Waals surface area contributed by atoms with Crippen LogP contribution in [0.3, 0.4) is 0 Å². The first kappa shape index (κ1) is 16.4. The van der Waals surface area contributed by atoms with Crippen molar-refractivity contribution in [2.45, 2.75) is 55.9 Å². The predicted molar refractivity (Wildman–Crippen MR) is 91.0 cm³/mol. The Hall–Kier alpha value is -1.00. The van der Waals surface area contributed by atoms with Gasteiger partial charge in [0.2, 0.25) is 5.91 Å². The summed E-state index contributed by atoms with van der Waals surface area (Å²) in [6.07, 6.45) is 6.49. The minimum absolute atomic E-state index is 0.00479. The smallest absolute Gasteiger partial charge is 0.226 e. The second-order valence-electron chi connectivity index (χ2n) is 5.75. The van der Waals surface area contributed by atoms with Gasteiger partial charge in [0.1, 0.15) is 0 Å². The highest BCUT2D eigenvalue weighted by atomic mass is 32.2. The quantitative estimate of drug-likeness (QED) is 0.779. The van der Waals surface area contributed by atoms with Gasteiger partial charge in [-0.2, -0.15) is 0 Å². The highest BCUT2D eigenvalue weighted by Crippen LogP contribution is 2.32. The third-order valence-corrected chi connectivity index (χ3v) is 5.26. The highest BCUT2D eigenvalue weighted by Gasteiger charge is 2.32. The molecule has 0 radical (unpaired) electrons. The minimum Gasteiger partial charge on any atom is -0.325 e. The van der Waals surface area contributed by atoms with Gasteiger partial charge in [0.15, 0.2) is 0 Å². The van der Waals surface area contributed by atoms with Crippen LogP contribution in [0.4, 0.5) is 5.69 Å². The number of thioether (sulfide) groups is 1. The number of para-hydroxylation sites is 1. The molecule has 1 aromatic carbocycles. The first-order valence-electron chi connectivity index (χ1n) is 7.90. The zero-order valence-electron chi connectivity index (χ0n) is 13.1. The van der Waals surface area contributed by atoms with E-state index in [1.54, 1.807) is 11.8 Å². The summed E-state index contributed by atoms with van der Waals surface area (Å²) in [4.78, 5) is 13.6. The Morgan fingerprint density at radius 1 is 1.24 bits per heavy atom. The molecule has 0 aliphatic heterocycles. The molecule has 0 atom stereocenters. The van der Waals surface area contributed by atoms with Crippen LogP contribution < -0.4 is 10.6 Å². The van der Waals surface area contributed by atoms with Gasteiger partial charge < -0.3 is 10.6 Å². The average Bonchev–Trinajstić information content (AvgIpc) is 2.50. The van der Waals surface area contributed by atoms with Gasteiger partial charge >= 0.3 is 0 Å². The molecule has 1 aliphatic carbocycles. The van der Waals surface area contributed by atoms with E-state index >= 15 is 0 Å². The van der Waals surface area contributed by atoms with Crippen LogP contribution in [0.2, 0.25) is 0 Å². The van der Waals surface area contributed by atoms with Gasteiger partial charge in [0.25, 0.3) is 0 Å². The molecule has 0 bridgehead atoms. The van der Waals surface area contributed by atoms with Crippen molar-refractivity contribution in [2.24, 2.45) is 0 Å². The van der Waals surface area contributed by atoms with Crippen molar-refractivity contribution in [3.8, 4) is 0 Å². The van der Waals surface area contributed by atoms with Gasteiger partial charge in [-0.15, -0.1) is 11.8 Å². The van der Waals surface area contributed by atoms with E-state index in [-0.39, 0.29) is 11.4 Å². The number of hydrogen-bond donors (Lipinski definition) is 2. The van der Waals surface area contributed by atoms with E-state index in [9.17, 15) is 4.79 Å². The number of nitrogens with one attached hydrogen (secondary N) is 2. The van der Waals surface area contributed by atoms with Crippen LogP contribution in [0, 0.1) is 0 Å². The highest BCUT2D eigenvalue weighted by molar-refractivity contribution is 7.99. The fourth-order valence-electron chi connectivity index (χ4n) is 3.10. The monoisotopic (exact) mass is 306 g/mol. The molecular formula is C17H26N2OS. The van der Waals surface area contributed by atoms with Crippen molar-refractivity contribution in [1.29, 1.82) is 0 Å². The normalized spacial score (nSPS) is 17.4. The lowest BCUT2D eigenvalue weighted by Crippen LogP contribution is -2.47. The van der Waals surface area contributed by atoms with Crippen molar-refractivity contribution < 1.29 is 4.79 Å². The van der Waals surface area contributed by atoms with Crippen LogP contribution in [0.15, 0.2) is 29.2 Å². The molecule has 1 aromatic rings. The summed E-state index contributed by atoms with van der Waals surface area (Å²) < 4.78 is 0. The van der Waals surface area contributed by atoms with Gasteiger partial charge in [-0.3, -0.25) is 4.79 Å².